The minimum absolute atomic E-state index is 0.00472. The van der Waals surface area contributed by atoms with E-state index in [-0.39, 0.29) is 5.43 Å². The Morgan fingerprint density at radius 3 is 2.57 bits per heavy atom. The van der Waals surface area contributed by atoms with Crippen molar-refractivity contribution in [2.45, 2.75) is 20.3 Å². The lowest BCUT2D eigenvalue weighted by atomic mass is 10.00. The average Bonchev–Trinajstić information content (AvgIpc) is 2.49. The highest BCUT2D eigenvalue weighted by Gasteiger charge is 2.13. The summed E-state index contributed by atoms with van der Waals surface area (Å²) >= 11 is 0. The molecule has 0 fully saturated rings. The molecule has 0 atom stereocenters. The molecule has 0 spiro atoms. The van der Waals surface area contributed by atoms with E-state index in [1.165, 1.54) is 0 Å². The zero-order valence-electron chi connectivity index (χ0n) is 12.1. The first kappa shape index (κ1) is 13.4. The van der Waals surface area contributed by atoms with Crippen molar-refractivity contribution < 1.29 is 5.21 Å². The Balaban J connectivity index is 2.21. The molecular weight excluding hydrogens is 262 g/mol. The molecule has 0 unspecified atom stereocenters. The maximum Gasteiger partial charge on any atom is 0.193 e. The Kier molecular flexibility index (Phi) is 3.26. The molecule has 0 aliphatic carbocycles. The van der Waals surface area contributed by atoms with Crippen LogP contribution < -0.4 is 5.43 Å². The third-order valence-corrected chi connectivity index (χ3v) is 3.87. The summed E-state index contributed by atoms with van der Waals surface area (Å²) in [5.74, 6) is 0. The topological polar surface area (TPSA) is 42.2 Å². The lowest BCUT2D eigenvalue weighted by Crippen LogP contribution is -2.18. The van der Waals surface area contributed by atoms with E-state index in [0.29, 0.717) is 28.6 Å². The quantitative estimate of drug-likeness (QED) is 0.730. The summed E-state index contributed by atoms with van der Waals surface area (Å²) in [6.07, 6.45) is 0.526. The number of nitrogens with zero attached hydrogens (tertiary/aromatic N) is 1. The maximum absolute atomic E-state index is 12.7. The normalized spacial score (nSPS) is 11.0. The van der Waals surface area contributed by atoms with Crippen LogP contribution in [-0.2, 0) is 6.42 Å². The van der Waals surface area contributed by atoms with Gasteiger partial charge in [-0.25, -0.2) is 0 Å². The van der Waals surface area contributed by atoms with Crippen molar-refractivity contribution in [2.24, 2.45) is 0 Å². The second-order valence-corrected chi connectivity index (χ2v) is 5.39. The molecule has 3 nitrogen and oxygen atoms in total. The molecule has 3 aromatic rings. The molecule has 3 heteroatoms. The molecule has 1 N–H and O–H groups in total. The highest BCUT2D eigenvalue weighted by molar-refractivity contribution is 5.79. The molecule has 3 rings (SSSR count). The van der Waals surface area contributed by atoms with Crippen molar-refractivity contribution in [3.63, 3.8) is 0 Å². The second kappa shape index (κ2) is 5.09. The van der Waals surface area contributed by atoms with E-state index < -0.39 is 0 Å². The van der Waals surface area contributed by atoms with E-state index in [1.807, 2.05) is 37.3 Å². The SMILES string of the molecule is Cc1cccc(Cc2c(C)n(O)c3ccccc3c2=O)c1. The summed E-state index contributed by atoms with van der Waals surface area (Å²) in [6, 6.07) is 15.2. The van der Waals surface area contributed by atoms with E-state index >= 15 is 0 Å². The monoisotopic (exact) mass is 279 g/mol. The van der Waals surface area contributed by atoms with Gasteiger partial charge in [0.1, 0.15) is 0 Å². The smallest absolute Gasteiger partial charge is 0.193 e. The van der Waals surface area contributed by atoms with Crippen LogP contribution in [0.4, 0.5) is 0 Å². The summed E-state index contributed by atoms with van der Waals surface area (Å²) < 4.78 is 1.11. The minimum Gasteiger partial charge on any atom is -0.428 e. The molecule has 0 aliphatic heterocycles. The van der Waals surface area contributed by atoms with Crippen LogP contribution >= 0.6 is 0 Å². The predicted molar refractivity (Wildman–Crippen MR) is 84.1 cm³/mol. The van der Waals surface area contributed by atoms with Gasteiger partial charge in [0.05, 0.1) is 11.2 Å². The number of rotatable bonds is 2. The highest BCUT2D eigenvalue weighted by Crippen LogP contribution is 2.17. The fourth-order valence-electron chi connectivity index (χ4n) is 2.72. The number of aryl methyl sites for hydroxylation is 1. The number of fused-ring (bicyclic) bond motifs is 1. The summed E-state index contributed by atoms with van der Waals surface area (Å²) in [7, 11) is 0. The van der Waals surface area contributed by atoms with Crippen molar-refractivity contribution in [1.82, 2.24) is 4.73 Å². The first-order valence-corrected chi connectivity index (χ1v) is 6.96. The van der Waals surface area contributed by atoms with Gasteiger partial charge >= 0.3 is 0 Å². The first-order chi connectivity index (χ1) is 10.1. The van der Waals surface area contributed by atoms with Crippen LogP contribution in [0.3, 0.4) is 0 Å². The molecule has 21 heavy (non-hydrogen) atoms. The van der Waals surface area contributed by atoms with Crippen LogP contribution in [-0.4, -0.2) is 9.94 Å². The molecule has 106 valence electrons. The Morgan fingerprint density at radius 2 is 1.81 bits per heavy atom. The van der Waals surface area contributed by atoms with Crippen LogP contribution in [0.2, 0.25) is 0 Å². The minimum atomic E-state index is -0.00472. The van der Waals surface area contributed by atoms with Gasteiger partial charge in [-0.2, -0.15) is 4.73 Å². The summed E-state index contributed by atoms with van der Waals surface area (Å²) in [6.45, 7) is 3.81. The fourth-order valence-corrected chi connectivity index (χ4v) is 2.72. The van der Waals surface area contributed by atoms with E-state index in [9.17, 15) is 10.0 Å². The van der Waals surface area contributed by atoms with E-state index in [0.717, 1.165) is 15.9 Å². The lowest BCUT2D eigenvalue weighted by Gasteiger charge is -2.13. The average molecular weight is 279 g/mol. The molecule has 2 aromatic carbocycles. The molecule has 0 bridgehead atoms. The molecular formula is C18H17NO2. The van der Waals surface area contributed by atoms with Crippen molar-refractivity contribution in [2.75, 3.05) is 0 Å². The van der Waals surface area contributed by atoms with Gasteiger partial charge in [-0.15, -0.1) is 0 Å². The number of para-hydroxylation sites is 1. The molecule has 0 saturated heterocycles. The standard InChI is InChI=1S/C18H17NO2/c1-12-6-5-7-14(10-12)11-16-13(2)19(21)17-9-4-3-8-15(17)18(16)20/h3-10,21H,11H2,1-2H3. The van der Waals surface area contributed by atoms with Gasteiger partial charge in [0.25, 0.3) is 0 Å². The Hall–Kier alpha value is -2.55. The number of pyridine rings is 1. The third-order valence-electron chi connectivity index (χ3n) is 3.87. The fraction of sp³-hybridized carbons (Fsp3) is 0.167. The summed E-state index contributed by atoms with van der Waals surface area (Å²) in [4.78, 5) is 12.7. The zero-order chi connectivity index (χ0) is 15.0. The Morgan fingerprint density at radius 1 is 1.05 bits per heavy atom. The van der Waals surface area contributed by atoms with Crippen molar-refractivity contribution in [3.8, 4) is 0 Å². The van der Waals surface area contributed by atoms with Gasteiger partial charge in [-0.05, 0) is 31.5 Å². The van der Waals surface area contributed by atoms with Crippen LogP contribution in [0.25, 0.3) is 10.9 Å². The maximum atomic E-state index is 12.7. The largest absolute Gasteiger partial charge is 0.428 e. The van der Waals surface area contributed by atoms with E-state index in [4.69, 9.17) is 0 Å². The number of hydrogen-bond acceptors (Lipinski definition) is 2. The molecule has 0 aliphatic rings. The van der Waals surface area contributed by atoms with Crippen molar-refractivity contribution in [3.05, 3.63) is 81.1 Å². The van der Waals surface area contributed by atoms with Gasteiger partial charge in [0, 0.05) is 17.4 Å². The lowest BCUT2D eigenvalue weighted by molar-refractivity contribution is 0.190. The Bertz CT molecular complexity index is 878. The van der Waals surface area contributed by atoms with Gasteiger partial charge in [-0.3, -0.25) is 4.79 Å². The summed E-state index contributed by atoms with van der Waals surface area (Å²) in [5, 5.41) is 10.8. The molecule has 0 amide bonds. The molecule has 0 radical (unpaired) electrons. The third kappa shape index (κ3) is 2.31. The van der Waals surface area contributed by atoms with Gasteiger partial charge in [0.2, 0.25) is 0 Å². The zero-order valence-corrected chi connectivity index (χ0v) is 12.1. The van der Waals surface area contributed by atoms with Crippen LogP contribution in [0.15, 0.2) is 53.3 Å². The molecule has 1 heterocycles. The van der Waals surface area contributed by atoms with E-state index in [1.54, 1.807) is 19.1 Å². The van der Waals surface area contributed by atoms with Crippen LogP contribution in [0.5, 0.6) is 0 Å². The molecule has 0 saturated carbocycles. The van der Waals surface area contributed by atoms with Crippen LogP contribution in [0, 0.1) is 13.8 Å². The van der Waals surface area contributed by atoms with Gasteiger partial charge < -0.3 is 5.21 Å². The first-order valence-electron chi connectivity index (χ1n) is 6.96. The van der Waals surface area contributed by atoms with Crippen molar-refractivity contribution in [1.29, 1.82) is 0 Å². The van der Waals surface area contributed by atoms with Crippen LogP contribution in [0.1, 0.15) is 22.4 Å². The number of hydrogen-bond donors (Lipinski definition) is 1. The second-order valence-electron chi connectivity index (χ2n) is 5.39. The van der Waals surface area contributed by atoms with Crippen molar-refractivity contribution >= 4 is 10.9 Å². The highest BCUT2D eigenvalue weighted by atomic mass is 16.5. The number of benzene rings is 2. The summed E-state index contributed by atoms with van der Waals surface area (Å²) in [5.41, 5.74) is 4.02. The van der Waals surface area contributed by atoms with E-state index in [2.05, 4.69) is 6.07 Å². The predicted octanol–water partition coefficient (Wildman–Crippen LogP) is 3.45. The van der Waals surface area contributed by atoms with Gasteiger partial charge in [0.15, 0.2) is 5.43 Å². The van der Waals surface area contributed by atoms with Gasteiger partial charge in [-0.1, -0.05) is 42.0 Å². The molecule has 1 aromatic heterocycles. The Labute approximate surface area is 123 Å². The number of aromatic nitrogens is 1.